The predicted molar refractivity (Wildman–Crippen MR) is 52.6 cm³/mol. The molecule has 0 bridgehead atoms. The minimum atomic E-state index is -4.71. The fraction of sp³-hybridized carbons (Fsp3) is 0.300. The molecule has 18 heavy (non-hydrogen) atoms. The zero-order valence-electron chi connectivity index (χ0n) is 8.82. The Morgan fingerprint density at radius 1 is 1.33 bits per heavy atom. The van der Waals surface area contributed by atoms with E-state index in [0.29, 0.717) is 0 Å². The van der Waals surface area contributed by atoms with Crippen LogP contribution in [0.5, 0.6) is 5.75 Å². The molecule has 0 heterocycles. The molecule has 1 aromatic rings. The minimum absolute atomic E-state index is 0.315. The smallest absolute Gasteiger partial charge is 0.461 e. The van der Waals surface area contributed by atoms with Crippen molar-refractivity contribution < 1.29 is 32.2 Å². The first-order valence-corrected chi connectivity index (χ1v) is 4.68. The molecule has 4 nitrogen and oxygen atoms in total. The largest absolute Gasteiger partial charge is 0.480 e. The van der Waals surface area contributed by atoms with Gasteiger partial charge in [-0.3, -0.25) is 4.79 Å². The van der Waals surface area contributed by atoms with Gasteiger partial charge in [0.2, 0.25) is 0 Å². The van der Waals surface area contributed by atoms with Crippen LogP contribution >= 0.6 is 0 Å². The molecule has 100 valence electrons. The molecule has 0 aromatic heterocycles. The molecule has 0 unspecified atom stereocenters. The highest BCUT2D eigenvalue weighted by Gasteiger charge is 2.44. The lowest BCUT2D eigenvalue weighted by Crippen LogP contribution is -2.34. The summed E-state index contributed by atoms with van der Waals surface area (Å²) in [5.41, 5.74) is 4.91. The van der Waals surface area contributed by atoms with E-state index >= 15 is 0 Å². The summed E-state index contributed by atoms with van der Waals surface area (Å²) in [6.07, 6.45) is -8.75. The summed E-state index contributed by atoms with van der Waals surface area (Å²) < 4.78 is 53.2. The lowest BCUT2D eigenvalue weighted by atomic mass is 10.1. The number of alkyl halides is 4. The Morgan fingerprint density at radius 3 is 2.39 bits per heavy atom. The average Bonchev–Trinajstić information content (AvgIpc) is 2.28. The van der Waals surface area contributed by atoms with E-state index in [1.54, 1.807) is 0 Å². The molecule has 0 saturated carbocycles. The Bertz CT molecular complexity index is 439. The molecule has 0 aliphatic heterocycles. The van der Waals surface area contributed by atoms with Crippen LogP contribution in [-0.2, 0) is 4.79 Å². The van der Waals surface area contributed by atoms with Crippen molar-refractivity contribution in [1.82, 2.24) is 0 Å². The number of carboxylic acid groups (broad SMARTS) is 1. The highest BCUT2D eigenvalue weighted by molar-refractivity contribution is 5.76. The van der Waals surface area contributed by atoms with E-state index in [0.717, 1.165) is 12.1 Å². The number of rotatable bonds is 5. The summed E-state index contributed by atoms with van der Waals surface area (Å²) in [7, 11) is 0. The molecular weight excluding hydrogens is 258 g/mol. The van der Waals surface area contributed by atoms with Crippen molar-refractivity contribution in [3.8, 4) is 5.75 Å². The van der Waals surface area contributed by atoms with Crippen LogP contribution in [0.1, 0.15) is 11.6 Å². The molecule has 0 spiro atoms. The number of hydrogen-bond donors (Lipinski definition) is 2. The van der Waals surface area contributed by atoms with E-state index in [9.17, 15) is 22.4 Å². The van der Waals surface area contributed by atoms with Crippen LogP contribution in [0.25, 0.3) is 0 Å². The van der Waals surface area contributed by atoms with Gasteiger partial charge in [-0.1, -0.05) is 18.2 Å². The molecule has 3 N–H and O–H groups in total. The van der Waals surface area contributed by atoms with Crippen LogP contribution in [0.3, 0.4) is 0 Å². The van der Waals surface area contributed by atoms with Gasteiger partial charge in [0.25, 0.3) is 0 Å². The lowest BCUT2D eigenvalue weighted by Gasteiger charge is -2.20. The van der Waals surface area contributed by atoms with Gasteiger partial charge in [0.05, 0.1) is 0 Å². The standard InChI is InChI=1S/C10H9F4NO3/c11-9(12)10(13,14)18-6-4-2-1-3-5(6)7(15)8(16)17/h1-4,7,9H,15H2,(H,16,17)/t7-/m0/s1. The van der Waals surface area contributed by atoms with Gasteiger partial charge < -0.3 is 15.6 Å². The second kappa shape index (κ2) is 5.21. The summed E-state index contributed by atoms with van der Waals surface area (Å²) in [5, 5.41) is 8.65. The van der Waals surface area contributed by atoms with Crippen LogP contribution in [0.15, 0.2) is 24.3 Å². The molecule has 0 saturated heterocycles. The maximum absolute atomic E-state index is 12.7. The Balaban J connectivity index is 3.07. The molecule has 1 aromatic carbocycles. The number of para-hydroxylation sites is 1. The van der Waals surface area contributed by atoms with Gasteiger partial charge in [-0.15, -0.1) is 0 Å². The van der Waals surface area contributed by atoms with Gasteiger partial charge in [-0.2, -0.15) is 17.6 Å². The number of nitrogens with two attached hydrogens (primary N) is 1. The van der Waals surface area contributed by atoms with Crippen LogP contribution in [0.4, 0.5) is 17.6 Å². The number of aliphatic carboxylic acids is 1. The van der Waals surface area contributed by atoms with E-state index in [1.807, 2.05) is 0 Å². The number of hydrogen-bond acceptors (Lipinski definition) is 3. The molecule has 0 fully saturated rings. The first kappa shape index (κ1) is 14.2. The van der Waals surface area contributed by atoms with Gasteiger partial charge >= 0.3 is 18.5 Å². The maximum atomic E-state index is 12.7. The Labute approximate surface area is 99.0 Å². The van der Waals surface area contributed by atoms with Crippen LogP contribution in [0, 0.1) is 0 Å². The highest BCUT2D eigenvalue weighted by atomic mass is 19.3. The first-order valence-electron chi connectivity index (χ1n) is 4.68. The lowest BCUT2D eigenvalue weighted by molar-refractivity contribution is -0.253. The second-order valence-corrected chi connectivity index (χ2v) is 3.32. The molecule has 1 atom stereocenters. The molecular formula is C10H9F4NO3. The van der Waals surface area contributed by atoms with Crippen LogP contribution in [0.2, 0.25) is 0 Å². The summed E-state index contributed by atoms with van der Waals surface area (Å²) >= 11 is 0. The zero-order chi connectivity index (χ0) is 13.9. The first-order chi connectivity index (χ1) is 8.25. The van der Waals surface area contributed by atoms with Crippen molar-refractivity contribution in [3.63, 3.8) is 0 Å². The van der Waals surface area contributed by atoms with Crippen LogP contribution < -0.4 is 10.5 Å². The monoisotopic (exact) mass is 267 g/mol. The van der Waals surface area contributed by atoms with E-state index in [2.05, 4.69) is 4.74 Å². The Morgan fingerprint density at radius 2 is 1.89 bits per heavy atom. The van der Waals surface area contributed by atoms with Gasteiger partial charge in [0, 0.05) is 5.56 Å². The van der Waals surface area contributed by atoms with Gasteiger partial charge in [-0.05, 0) is 6.07 Å². The Kier molecular flexibility index (Phi) is 4.12. The van der Waals surface area contributed by atoms with Crippen molar-refractivity contribution >= 4 is 5.97 Å². The third-order valence-electron chi connectivity index (χ3n) is 2.02. The fourth-order valence-corrected chi connectivity index (χ4v) is 1.15. The number of benzene rings is 1. The molecule has 0 aliphatic rings. The van der Waals surface area contributed by atoms with Gasteiger partial charge in [-0.25, -0.2) is 0 Å². The van der Waals surface area contributed by atoms with E-state index in [1.165, 1.54) is 12.1 Å². The number of ether oxygens (including phenoxy) is 1. The van der Waals surface area contributed by atoms with Crippen molar-refractivity contribution in [2.24, 2.45) is 5.73 Å². The topological polar surface area (TPSA) is 72.6 Å². The molecule has 0 amide bonds. The zero-order valence-corrected chi connectivity index (χ0v) is 8.82. The quantitative estimate of drug-likeness (QED) is 0.800. The Hall–Kier alpha value is -1.83. The van der Waals surface area contributed by atoms with E-state index in [4.69, 9.17) is 10.8 Å². The molecule has 0 radical (unpaired) electrons. The molecule has 8 heteroatoms. The minimum Gasteiger partial charge on any atom is -0.480 e. The van der Waals surface area contributed by atoms with Crippen molar-refractivity contribution in [2.45, 2.75) is 18.6 Å². The number of halogens is 4. The summed E-state index contributed by atoms with van der Waals surface area (Å²) in [5.74, 6) is -2.19. The molecule has 1 rings (SSSR count). The maximum Gasteiger partial charge on any atom is 0.461 e. The van der Waals surface area contributed by atoms with Crippen molar-refractivity contribution in [1.29, 1.82) is 0 Å². The number of carboxylic acids is 1. The summed E-state index contributed by atoms with van der Waals surface area (Å²) in [4.78, 5) is 10.6. The van der Waals surface area contributed by atoms with Crippen LogP contribution in [-0.4, -0.2) is 23.6 Å². The second-order valence-electron chi connectivity index (χ2n) is 3.32. The summed E-state index contributed by atoms with van der Waals surface area (Å²) in [6.45, 7) is 0. The fourth-order valence-electron chi connectivity index (χ4n) is 1.15. The van der Waals surface area contributed by atoms with E-state index in [-0.39, 0.29) is 5.56 Å². The third kappa shape index (κ3) is 3.10. The number of carbonyl (C=O) groups is 1. The van der Waals surface area contributed by atoms with Gasteiger partial charge in [0.1, 0.15) is 11.8 Å². The van der Waals surface area contributed by atoms with E-state index < -0.39 is 30.3 Å². The highest BCUT2D eigenvalue weighted by Crippen LogP contribution is 2.31. The average molecular weight is 267 g/mol. The summed E-state index contributed by atoms with van der Waals surface area (Å²) in [6, 6.07) is 2.96. The van der Waals surface area contributed by atoms with Crippen molar-refractivity contribution in [2.75, 3.05) is 0 Å². The normalized spacial score (nSPS) is 13.4. The SMILES string of the molecule is N[C@H](C(=O)O)c1ccccc1OC(F)(F)C(F)F. The van der Waals surface area contributed by atoms with Crippen molar-refractivity contribution in [3.05, 3.63) is 29.8 Å². The van der Waals surface area contributed by atoms with Gasteiger partial charge in [0.15, 0.2) is 0 Å². The predicted octanol–water partition coefficient (Wildman–Crippen LogP) is 2.01. The third-order valence-corrected chi connectivity index (χ3v) is 2.02. The molecule has 0 aliphatic carbocycles.